The molecule has 1 fully saturated rings. The summed E-state index contributed by atoms with van der Waals surface area (Å²) in [5, 5.41) is 4.61. The Kier molecular flexibility index (Phi) is 3.29. The van der Waals surface area contributed by atoms with E-state index in [0.29, 0.717) is 16.9 Å². The van der Waals surface area contributed by atoms with Crippen molar-refractivity contribution < 1.29 is 0 Å². The van der Waals surface area contributed by atoms with E-state index >= 15 is 0 Å². The molecule has 3 nitrogen and oxygen atoms in total. The minimum absolute atomic E-state index is 0.352. The molecular formula is C14H24BrN3. The minimum atomic E-state index is 0.352. The van der Waals surface area contributed by atoms with Crippen molar-refractivity contribution in [1.29, 1.82) is 0 Å². The lowest BCUT2D eigenvalue weighted by molar-refractivity contribution is 0.0681. The zero-order chi connectivity index (χ0) is 13.7. The second kappa shape index (κ2) is 4.26. The average molecular weight is 314 g/mol. The van der Waals surface area contributed by atoms with Crippen molar-refractivity contribution in [2.75, 3.05) is 5.73 Å². The summed E-state index contributed by atoms with van der Waals surface area (Å²) < 4.78 is 2.98. The Bertz CT molecular complexity index is 444. The maximum Gasteiger partial charge on any atom is 0.136 e. The van der Waals surface area contributed by atoms with E-state index in [-0.39, 0.29) is 0 Å². The highest BCUT2D eigenvalue weighted by molar-refractivity contribution is 9.10. The minimum Gasteiger partial charge on any atom is -0.383 e. The fourth-order valence-corrected chi connectivity index (χ4v) is 4.05. The first-order valence-electron chi connectivity index (χ1n) is 6.61. The number of rotatable bonds is 1. The van der Waals surface area contributed by atoms with E-state index in [2.05, 4.69) is 48.7 Å². The predicted molar refractivity (Wildman–Crippen MR) is 79.5 cm³/mol. The van der Waals surface area contributed by atoms with Gasteiger partial charge in [0.05, 0.1) is 16.2 Å². The lowest BCUT2D eigenvalue weighted by Crippen LogP contribution is -2.35. The summed E-state index contributed by atoms with van der Waals surface area (Å²) in [7, 11) is 0. The van der Waals surface area contributed by atoms with Crippen molar-refractivity contribution in [3.8, 4) is 0 Å². The summed E-state index contributed by atoms with van der Waals surface area (Å²) in [5.74, 6) is 0.769. The lowest BCUT2D eigenvalue weighted by Gasteiger charge is -2.45. The predicted octanol–water partition coefficient (Wildman–Crippen LogP) is 4.31. The van der Waals surface area contributed by atoms with Crippen LogP contribution in [0.25, 0.3) is 0 Å². The van der Waals surface area contributed by atoms with Crippen LogP contribution in [0.15, 0.2) is 4.47 Å². The van der Waals surface area contributed by atoms with Crippen LogP contribution < -0.4 is 5.73 Å². The number of halogens is 1. The molecule has 0 saturated heterocycles. The average Bonchev–Trinajstić information content (AvgIpc) is 2.41. The van der Waals surface area contributed by atoms with Gasteiger partial charge >= 0.3 is 0 Å². The number of nitrogens with zero attached hydrogens (tertiary/aromatic N) is 2. The Morgan fingerprint density at radius 1 is 1.22 bits per heavy atom. The van der Waals surface area contributed by atoms with Gasteiger partial charge in [-0.25, -0.2) is 4.68 Å². The van der Waals surface area contributed by atoms with Crippen LogP contribution >= 0.6 is 15.9 Å². The van der Waals surface area contributed by atoms with Crippen molar-refractivity contribution in [3.63, 3.8) is 0 Å². The zero-order valence-electron chi connectivity index (χ0n) is 12.0. The van der Waals surface area contributed by atoms with Gasteiger partial charge in [-0.2, -0.15) is 5.10 Å². The first-order chi connectivity index (χ1) is 8.11. The topological polar surface area (TPSA) is 43.8 Å². The molecular weight excluding hydrogens is 290 g/mol. The van der Waals surface area contributed by atoms with Crippen LogP contribution in [0, 0.1) is 17.8 Å². The SMILES string of the molecule is Cc1nn(C2CC(C)(C)CC(C)(C)C2)c(N)c1Br. The molecule has 0 unspecified atom stereocenters. The molecule has 1 aromatic heterocycles. The van der Waals surface area contributed by atoms with Gasteiger partial charge in [0.2, 0.25) is 0 Å². The zero-order valence-corrected chi connectivity index (χ0v) is 13.6. The molecule has 0 bridgehead atoms. The summed E-state index contributed by atoms with van der Waals surface area (Å²) in [6, 6.07) is 0.411. The molecule has 0 atom stereocenters. The van der Waals surface area contributed by atoms with Gasteiger partial charge in [0, 0.05) is 0 Å². The number of hydrogen-bond donors (Lipinski definition) is 1. The molecule has 1 aliphatic carbocycles. The van der Waals surface area contributed by atoms with Crippen LogP contribution in [-0.4, -0.2) is 9.78 Å². The Morgan fingerprint density at radius 2 is 1.72 bits per heavy atom. The molecule has 0 amide bonds. The Morgan fingerprint density at radius 3 is 2.11 bits per heavy atom. The maximum absolute atomic E-state index is 6.17. The third kappa shape index (κ3) is 2.58. The summed E-state index contributed by atoms with van der Waals surface area (Å²) in [5.41, 5.74) is 7.85. The molecule has 1 saturated carbocycles. The molecule has 1 heterocycles. The lowest BCUT2D eigenvalue weighted by atomic mass is 9.63. The first kappa shape index (κ1) is 13.9. The van der Waals surface area contributed by atoms with Crippen LogP contribution in [0.1, 0.15) is 58.7 Å². The molecule has 0 spiro atoms. The molecule has 1 aliphatic rings. The van der Waals surface area contributed by atoms with Gasteiger partial charge in [0.25, 0.3) is 0 Å². The van der Waals surface area contributed by atoms with E-state index in [0.717, 1.165) is 28.8 Å². The molecule has 18 heavy (non-hydrogen) atoms. The van der Waals surface area contributed by atoms with Crippen molar-refractivity contribution in [3.05, 3.63) is 10.2 Å². The Labute approximate surface area is 118 Å². The van der Waals surface area contributed by atoms with E-state index in [4.69, 9.17) is 5.73 Å². The van der Waals surface area contributed by atoms with Gasteiger partial charge in [-0.15, -0.1) is 0 Å². The fraction of sp³-hybridized carbons (Fsp3) is 0.786. The van der Waals surface area contributed by atoms with E-state index in [1.54, 1.807) is 0 Å². The molecule has 0 aromatic carbocycles. The van der Waals surface area contributed by atoms with E-state index < -0.39 is 0 Å². The molecule has 1 aromatic rings. The van der Waals surface area contributed by atoms with Gasteiger partial charge in [-0.3, -0.25) is 0 Å². The standard InChI is InChI=1S/C14H24BrN3/c1-9-11(15)12(16)18(17-9)10-6-13(2,3)8-14(4,5)7-10/h10H,6-8,16H2,1-5H3. The van der Waals surface area contributed by atoms with Gasteiger partial charge in [0.1, 0.15) is 5.82 Å². The van der Waals surface area contributed by atoms with Crippen molar-refractivity contribution in [2.24, 2.45) is 10.8 Å². The number of aromatic nitrogens is 2. The largest absolute Gasteiger partial charge is 0.383 e. The maximum atomic E-state index is 6.17. The number of anilines is 1. The van der Waals surface area contributed by atoms with Crippen LogP contribution in [-0.2, 0) is 0 Å². The molecule has 2 rings (SSSR count). The smallest absolute Gasteiger partial charge is 0.136 e. The van der Waals surface area contributed by atoms with E-state index in [9.17, 15) is 0 Å². The normalized spacial score (nSPS) is 23.2. The quantitative estimate of drug-likeness (QED) is 0.839. The highest BCUT2D eigenvalue weighted by atomic mass is 79.9. The molecule has 102 valence electrons. The third-order valence-electron chi connectivity index (χ3n) is 3.93. The van der Waals surface area contributed by atoms with Gasteiger partial charge < -0.3 is 5.73 Å². The third-order valence-corrected chi connectivity index (χ3v) is 4.91. The highest BCUT2D eigenvalue weighted by Crippen LogP contribution is 2.50. The fourth-order valence-electron chi connectivity index (χ4n) is 3.78. The van der Waals surface area contributed by atoms with Crippen LogP contribution in [0.2, 0.25) is 0 Å². The second-order valence-corrected chi connectivity index (χ2v) is 8.09. The summed E-state index contributed by atoms with van der Waals surface area (Å²) >= 11 is 3.52. The van der Waals surface area contributed by atoms with Crippen LogP contribution in [0.4, 0.5) is 5.82 Å². The summed E-state index contributed by atoms with van der Waals surface area (Å²) in [6.45, 7) is 11.4. The van der Waals surface area contributed by atoms with Gasteiger partial charge in [0.15, 0.2) is 0 Å². The second-order valence-electron chi connectivity index (χ2n) is 7.30. The van der Waals surface area contributed by atoms with Gasteiger partial charge in [-0.1, -0.05) is 27.7 Å². The monoisotopic (exact) mass is 313 g/mol. The molecule has 0 aliphatic heterocycles. The van der Waals surface area contributed by atoms with E-state index in [1.165, 1.54) is 6.42 Å². The van der Waals surface area contributed by atoms with Crippen molar-refractivity contribution in [2.45, 2.75) is 59.9 Å². The Balaban J connectivity index is 2.35. The van der Waals surface area contributed by atoms with Crippen molar-refractivity contribution in [1.82, 2.24) is 9.78 Å². The summed E-state index contributed by atoms with van der Waals surface area (Å²) in [4.78, 5) is 0. The molecule has 4 heteroatoms. The highest BCUT2D eigenvalue weighted by Gasteiger charge is 2.40. The number of hydrogen-bond acceptors (Lipinski definition) is 2. The van der Waals surface area contributed by atoms with Crippen LogP contribution in [0.3, 0.4) is 0 Å². The number of nitrogens with two attached hydrogens (primary N) is 1. The van der Waals surface area contributed by atoms with E-state index in [1.807, 2.05) is 11.6 Å². The first-order valence-corrected chi connectivity index (χ1v) is 7.41. The Hall–Kier alpha value is -0.510. The molecule has 2 N–H and O–H groups in total. The molecule has 0 radical (unpaired) electrons. The summed E-state index contributed by atoms with van der Waals surface area (Å²) in [6.07, 6.45) is 3.56. The van der Waals surface area contributed by atoms with Crippen LogP contribution in [0.5, 0.6) is 0 Å². The van der Waals surface area contributed by atoms with Crippen molar-refractivity contribution >= 4 is 21.7 Å². The van der Waals surface area contributed by atoms with Gasteiger partial charge in [-0.05, 0) is 52.9 Å². The number of nitrogen functional groups attached to an aromatic ring is 1. The number of aryl methyl sites for hydroxylation is 1.